The molecule has 0 aromatic carbocycles. The summed E-state index contributed by atoms with van der Waals surface area (Å²) < 4.78 is 0. The number of aliphatic hydroxyl groups is 1. The Hall–Kier alpha value is 6.19. The van der Waals surface area contributed by atoms with E-state index in [0.717, 1.165) is 0 Å². The minimum absolute atomic E-state index is 0. The van der Waals surface area contributed by atoms with Crippen LogP contribution in [0.1, 0.15) is 6.92 Å². The van der Waals surface area contributed by atoms with Gasteiger partial charge in [0.05, 0.1) is 0 Å². The molecule has 0 unspecified atom stereocenters. The van der Waals surface area contributed by atoms with E-state index in [1.807, 2.05) is 0 Å². The van der Waals surface area contributed by atoms with Crippen molar-refractivity contribution < 1.29 is 245 Å². The van der Waals surface area contributed by atoms with E-state index in [4.69, 9.17) is 5.11 Å². The fourth-order valence-electron chi connectivity index (χ4n) is 0. The van der Waals surface area contributed by atoms with Crippen LogP contribution in [0.15, 0.2) is 0 Å². The van der Waals surface area contributed by atoms with E-state index in [-0.39, 0.29) is 246 Å². The predicted octanol–water partition coefficient (Wildman–Crippen LogP) is -42.0. The third-order valence-corrected chi connectivity index (χ3v) is 0. The first-order valence-corrected chi connectivity index (χ1v) is 1.02. The molecule has 0 saturated heterocycles. The van der Waals surface area contributed by atoms with Gasteiger partial charge in [-0.2, -0.15) is 0 Å². The van der Waals surface area contributed by atoms with Gasteiger partial charge in [0.2, 0.25) is 0 Å². The number of halogens is 14. The molecule has 18 heteroatoms. The van der Waals surface area contributed by atoms with Crippen molar-refractivity contribution >= 4 is 0 Å². The number of rotatable bonds is 0. The number of hydrogen-bond donors (Lipinski definition) is 1. The molecular weight excluding hydrogens is 994 g/mol. The van der Waals surface area contributed by atoms with Crippen LogP contribution in [-0.4, -0.2) is 11.7 Å². The van der Waals surface area contributed by atoms with Crippen LogP contribution in [0.2, 0.25) is 0 Å². The Balaban J connectivity index is -0.000000000147. The van der Waals surface area contributed by atoms with Crippen molar-refractivity contribution in [2.24, 2.45) is 0 Å². The summed E-state index contributed by atoms with van der Waals surface area (Å²) in [7, 11) is 0. The van der Waals surface area contributed by atoms with Crippen LogP contribution >= 0.6 is 0 Å². The molecule has 0 saturated carbocycles. The Bertz CT molecular complexity index is 31.1. The molecule has 0 fully saturated rings. The summed E-state index contributed by atoms with van der Waals surface area (Å²) in [6.45, 7) is 1.93. The predicted molar refractivity (Wildman–Crippen MR) is 12.8 cm³/mol. The normalized spacial score (nSPS) is 0.900. The summed E-state index contributed by atoms with van der Waals surface area (Å²) in [6, 6.07) is 0. The third kappa shape index (κ3) is 340. The summed E-state index contributed by atoms with van der Waals surface area (Å²) in [5.41, 5.74) is 0. The van der Waals surface area contributed by atoms with Crippen LogP contribution in [0, 0.1) is 0 Å². The van der Waals surface area contributed by atoms with Gasteiger partial charge in [-0.25, -0.2) is 0 Å². The molecule has 0 radical (unpaired) electrons. The summed E-state index contributed by atoms with van der Waals surface area (Å²) in [5.74, 6) is 0. The molecule has 0 bridgehead atoms. The molecule has 0 atom stereocenters. The number of aliphatic hydroxyl groups excluding tert-OH is 1. The average molecular weight is 1000 g/mol. The second kappa shape index (κ2) is 285. The zero-order valence-corrected chi connectivity index (χ0v) is 27.7. The van der Waals surface area contributed by atoms with Crippen molar-refractivity contribution in [2.75, 3.05) is 6.61 Å². The summed E-state index contributed by atoms with van der Waals surface area (Å²) in [4.78, 5) is 0. The third-order valence-electron chi connectivity index (χ3n) is 0. The first-order valence-electron chi connectivity index (χ1n) is 1.02. The zero-order chi connectivity index (χ0) is 2.71. The topological polar surface area (TPSA) is 20.2 Å². The minimum atomic E-state index is 0. The molecule has 138 valence electrons. The fraction of sp³-hybridized carbons (Fsp3) is 1.00. The fourth-order valence-corrected chi connectivity index (χ4v) is 0. The zero-order valence-electron chi connectivity index (χ0n) is 8.75. The second-order valence-electron chi connectivity index (χ2n) is 0.316. The van der Waals surface area contributed by atoms with E-state index < -0.39 is 0 Å². The van der Waals surface area contributed by atoms with Crippen LogP contribution in [0.3, 0.4) is 0 Å². The van der Waals surface area contributed by atoms with Crippen molar-refractivity contribution in [1.82, 2.24) is 0 Å². The molecule has 0 aliphatic carbocycles. The van der Waals surface area contributed by atoms with Gasteiger partial charge in [0.1, 0.15) is 0 Å². The molecular formula is C2H6Cl14NbOTaW-4. The van der Waals surface area contributed by atoms with Gasteiger partial charge in [-0.1, -0.05) is 0 Å². The van der Waals surface area contributed by atoms with Crippen molar-refractivity contribution in [3.8, 4) is 0 Å². The van der Waals surface area contributed by atoms with Gasteiger partial charge in [0.25, 0.3) is 0 Å². The molecule has 0 spiro atoms. The molecule has 0 aliphatic rings. The molecule has 0 rings (SSSR count). The molecule has 1 nitrogen and oxygen atoms in total. The van der Waals surface area contributed by atoms with Crippen LogP contribution in [0.4, 0.5) is 0 Å². The maximum atomic E-state index is 7.57. The quantitative estimate of drug-likeness (QED) is 0.240. The van der Waals surface area contributed by atoms with Gasteiger partial charge in [-0.15, -0.1) is 0 Å². The first kappa shape index (κ1) is 248. The van der Waals surface area contributed by atoms with Crippen molar-refractivity contribution in [3.63, 3.8) is 0 Å². The maximum Gasteiger partial charge on any atom is 5.00 e. The van der Waals surface area contributed by atoms with Crippen molar-refractivity contribution in [2.45, 2.75) is 6.92 Å². The Morgan fingerprint density at radius 2 is 0.500 bits per heavy atom. The SMILES string of the molecule is CCO.[Cl-].[Cl-].[Cl-].[Cl-].[Cl-].[Cl-].[Cl-].[Cl-].[Cl-].[Cl-].[Cl-].[Cl-].[Cl-].[Cl-].[Nb+5].[Ta+5].[W]. The Kier molecular flexibility index (Phi) is 3530. The van der Waals surface area contributed by atoms with Gasteiger partial charge in [0.15, 0.2) is 0 Å². The van der Waals surface area contributed by atoms with Gasteiger partial charge >= 0.3 is 44.8 Å². The molecule has 0 aromatic rings. The molecule has 20 heavy (non-hydrogen) atoms. The smallest absolute Gasteiger partial charge is 1.00 e. The standard InChI is InChI=1S/C2H6O.14ClH.Nb.Ta.W/c1-2-3;;;;;;;;;;;;;;;;;/h3H,2H2,1H3;14*1H;;;/q;;;;;;;;;;;;;;;2*+5;/p-14. The van der Waals surface area contributed by atoms with Gasteiger partial charge < -0.3 is 179 Å². The summed E-state index contributed by atoms with van der Waals surface area (Å²) in [6.07, 6.45) is 0. The number of hydrogen-bond acceptors (Lipinski definition) is 1. The molecule has 0 heterocycles. The van der Waals surface area contributed by atoms with E-state index in [9.17, 15) is 0 Å². The van der Waals surface area contributed by atoms with E-state index in [1.54, 1.807) is 6.92 Å². The molecule has 0 amide bonds. The largest absolute Gasteiger partial charge is 5.00 e. The van der Waals surface area contributed by atoms with Crippen LogP contribution in [0.25, 0.3) is 0 Å². The van der Waals surface area contributed by atoms with E-state index in [0.29, 0.717) is 0 Å². The van der Waals surface area contributed by atoms with Crippen molar-refractivity contribution in [1.29, 1.82) is 0 Å². The van der Waals surface area contributed by atoms with E-state index >= 15 is 0 Å². The maximum absolute atomic E-state index is 7.57. The van der Waals surface area contributed by atoms with Gasteiger partial charge in [-0.3, -0.25) is 0 Å². The van der Waals surface area contributed by atoms with E-state index in [1.165, 1.54) is 0 Å². The minimum Gasteiger partial charge on any atom is -1.00 e. The van der Waals surface area contributed by atoms with Crippen LogP contribution < -0.4 is 174 Å². The van der Waals surface area contributed by atoms with Crippen LogP contribution in [-0.2, 0) is 65.8 Å². The second-order valence-corrected chi connectivity index (χ2v) is 0.316. The monoisotopic (exact) mass is 993 g/mol. The van der Waals surface area contributed by atoms with Gasteiger partial charge in [0, 0.05) is 27.7 Å². The summed E-state index contributed by atoms with van der Waals surface area (Å²) in [5, 5.41) is 7.57. The average Bonchev–Trinajstić information content (AvgIpc) is 0.918. The Morgan fingerprint density at radius 1 is 0.500 bits per heavy atom. The molecule has 0 aliphatic heterocycles. The van der Waals surface area contributed by atoms with Crippen molar-refractivity contribution in [3.05, 3.63) is 0 Å². The Labute approximate surface area is 254 Å². The first-order chi connectivity index (χ1) is 1.41. The Morgan fingerprint density at radius 3 is 0.500 bits per heavy atom. The molecule has 1 N–H and O–H groups in total. The van der Waals surface area contributed by atoms with E-state index in [2.05, 4.69) is 0 Å². The molecule has 0 aromatic heterocycles. The van der Waals surface area contributed by atoms with Crippen LogP contribution in [0.5, 0.6) is 0 Å². The van der Waals surface area contributed by atoms with Gasteiger partial charge in [-0.05, 0) is 6.92 Å². The summed E-state index contributed by atoms with van der Waals surface area (Å²) >= 11 is 0.